The molecule has 0 bridgehead atoms. The summed E-state index contributed by atoms with van der Waals surface area (Å²) in [6.07, 6.45) is 3.10. The number of amides is 1. The van der Waals surface area contributed by atoms with Crippen molar-refractivity contribution in [2.45, 2.75) is 25.8 Å². The van der Waals surface area contributed by atoms with E-state index in [0.717, 1.165) is 18.7 Å². The number of likely N-dealkylation sites (N-methyl/N-ethyl adjacent to an activating group) is 1. The van der Waals surface area contributed by atoms with Crippen molar-refractivity contribution in [3.63, 3.8) is 0 Å². The summed E-state index contributed by atoms with van der Waals surface area (Å²) in [6.45, 7) is 4.51. The van der Waals surface area contributed by atoms with E-state index in [2.05, 4.69) is 16.9 Å². The van der Waals surface area contributed by atoms with E-state index in [1.807, 2.05) is 13.8 Å². The first-order valence-electron chi connectivity index (χ1n) is 4.50. The summed E-state index contributed by atoms with van der Waals surface area (Å²) in [5, 5.41) is 5.86. The zero-order chi connectivity index (χ0) is 10.3. The average molecular weight is 204 g/mol. The second-order valence-corrected chi connectivity index (χ2v) is 4.46. The second kappa shape index (κ2) is 6.27. The summed E-state index contributed by atoms with van der Waals surface area (Å²) >= 11 is 1.80. The van der Waals surface area contributed by atoms with E-state index in [0.29, 0.717) is 0 Å². The summed E-state index contributed by atoms with van der Waals surface area (Å²) in [5.41, 5.74) is -0.459. The zero-order valence-corrected chi connectivity index (χ0v) is 9.75. The van der Waals surface area contributed by atoms with E-state index in [1.165, 1.54) is 0 Å². The molecule has 0 spiro atoms. The van der Waals surface area contributed by atoms with E-state index in [9.17, 15) is 4.79 Å². The number of rotatable bonds is 6. The SMILES string of the molecule is CNC(C)(C)C(=O)NCCCSC. The van der Waals surface area contributed by atoms with Crippen LogP contribution in [0.15, 0.2) is 0 Å². The molecule has 0 aromatic rings. The normalized spacial score (nSPS) is 11.4. The average Bonchev–Trinajstić information content (AvgIpc) is 2.12. The lowest BCUT2D eigenvalue weighted by Crippen LogP contribution is -2.51. The van der Waals surface area contributed by atoms with Crippen LogP contribution in [-0.2, 0) is 4.79 Å². The summed E-state index contributed by atoms with van der Waals surface area (Å²) in [7, 11) is 1.79. The molecular formula is C9H20N2OS. The van der Waals surface area contributed by atoms with Gasteiger partial charge >= 0.3 is 0 Å². The van der Waals surface area contributed by atoms with Gasteiger partial charge in [0.15, 0.2) is 0 Å². The standard InChI is InChI=1S/C9H20N2OS/c1-9(2,10-3)8(12)11-6-5-7-13-4/h10H,5-7H2,1-4H3,(H,11,12). The van der Waals surface area contributed by atoms with Crippen molar-refractivity contribution in [1.82, 2.24) is 10.6 Å². The van der Waals surface area contributed by atoms with Crippen LogP contribution in [0.25, 0.3) is 0 Å². The van der Waals surface area contributed by atoms with Crippen molar-refractivity contribution in [2.75, 3.05) is 25.6 Å². The van der Waals surface area contributed by atoms with Gasteiger partial charge in [0.05, 0.1) is 5.54 Å². The third kappa shape index (κ3) is 5.16. The van der Waals surface area contributed by atoms with Gasteiger partial charge in [-0.05, 0) is 39.3 Å². The highest BCUT2D eigenvalue weighted by Gasteiger charge is 2.24. The van der Waals surface area contributed by atoms with Crippen molar-refractivity contribution >= 4 is 17.7 Å². The molecule has 0 radical (unpaired) electrons. The van der Waals surface area contributed by atoms with Crippen LogP contribution in [0.5, 0.6) is 0 Å². The minimum Gasteiger partial charge on any atom is -0.354 e. The Bertz CT molecular complexity index is 160. The van der Waals surface area contributed by atoms with Gasteiger partial charge in [0.25, 0.3) is 0 Å². The first-order chi connectivity index (χ1) is 6.04. The van der Waals surface area contributed by atoms with Gasteiger partial charge in [0.1, 0.15) is 0 Å². The zero-order valence-electron chi connectivity index (χ0n) is 8.94. The molecule has 0 aliphatic heterocycles. The molecule has 0 aromatic carbocycles. The van der Waals surface area contributed by atoms with Gasteiger partial charge in [-0.3, -0.25) is 4.79 Å². The number of carbonyl (C=O) groups excluding carboxylic acids is 1. The number of hydrogen-bond donors (Lipinski definition) is 2. The molecule has 0 rings (SSSR count). The van der Waals surface area contributed by atoms with Crippen LogP contribution < -0.4 is 10.6 Å². The van der Waals surface area contributed by atoms with E-state index < -0.39 is 5.54 Å². The third-order valence-corrected chi connectivity index (χ3v) is 2.70. The van der Waals surface area contributed by atoms with Crippen LogP contribution in [0.2, 0.25) is 0 Å². The number of nitrogens with one attached hydrogen (secondary N) is 2. The van der Waals surface area contributed by atoms with E-state index in [-0.39, 0.29) is 5.91 Å². The van der Waals surface area contributed by atoms with Crippen molar-refractivity contribution in [3.05, 3.63) is 0 Å². The van der Waals surface area contributed by atoms with Crippen LogP contribution in [0.4, 0.5) is 0 Å². The highest BCUT2D eigenvalue weighted by atomic mass is 32.2. The van der Waals surface area contributed by atoms with Crippen LogP contribution in [0.1, 0.15) is 20.3 Å². The predicted molar refractivity (Wildman–Crippen MR) is 59.1 cm³/mol. The van der Waals surface area contributed by atoms with Gasteiger partial charge < -0.3 is 10.6 Å². The highest BCUT2D eigenvalue weighted by Crippen LogP contribution is 2.00. The topological polar surface area (TPSA) is 41.1 Å². The largest absolute Gasteiger partial charge is 0.354 e. The van der Waals surface area contributed by atoms with Crippen LogP contribution >= 0.6 is 11.8 Å². The van der Waals surface area contributed by atoms with Crippen LogP contribution in [0.3, 0.4) is 0 Å². The van der Waals surface area contributed by atoms with Crippen molar-refractivity contribution in [1.29, 1.82) is 0 Å². The van der Waals surface area contributed by atoms with Gasteiger partial charge in [-0.2, -0.15) is 11.8 Å². The Hall–Kier alpha value is -0.220. The highest BCUT2D eigenvalue weighted by molar-refractivity contribution is 7.98. The van der Waals surface area contributed by atoms with Crippen molar-refractivity contribution in [2.24, 2.45) is 0 Å². The molecule has 0 unspecified atom stereocenters. The lowest BCUT2D eigenvalue weighted by Gasteiger charge is -2.22. The number of thioether (sulfide) groups is 1. The fourth-order valence-electron chi connectivity index (χ4n) is 0.753. The van der Waals surface area contributed by atoms with Crippen LogP contribution in [-0.4, -0.2) is 37.0 Å². The number of carbonyl (C=O) groups is 1. The maximum absolute atomic E-state index is 11.5. The van der Waals surface area contributed by atoms with E-state index in [4.69, 9.17) is 0 Å². The molecule has 2 N–H and O–H groups in total. The molecule has 78 valence electrons. The molecule has 0 aliphatic carbocycles. The van der Waals surface area contributed by atoms with Gasteiger partial charge in [0.2, 0.25) is 5.91 Å². The molecule has 3 nitrogen and oxygen atoms in total. The summed E-state index contributed by atoms with van der Waals surface area (Å²) in [4.78, 5) is 11.5. The Balaban J connectivity index is 3.62. The molecule has 1 amide bonds. The summed E-state index contributed by atoms with van der Waals surface area (Å²) in [6, 6.07) is 0. The molecule has 0 saturated heterocycles. The van der Waals surface area contributed by atoms with Crippen molar-refractivity contribution < 1.29 is 4.79 Å². The smallest absolute Gasteiger partial charge is 0.239 e. The lowest BCUT2D eigenvalue weighted by molar-refractivity contribution is -0.126. The van der Waals surface area contributed by atoms with Crippen molar-refractivity contribution in [3.8, 4) is 0 Å². The quantitative estimate of drug-likeness (QED) is 0.630. The summed E-state index contributed by atoms with van der Waals surface area (Å²) < 4.78 is 0. The van der Waals surface area contributed by atoms with Gasteiger partial charge in [-0.1, -0.05) is 0 Å². The van der Waals surface area contributed by atoms with Gasteiger partial charge in [0, 0.05) is 6.54 Å². The molecule has 0 aliphatic rings. The minimum atomic E-state index is -0.459. The Labute approximate surface area is 85.0 Å². The molecule has 0 saturated carbocycles. The van der Waals surface area contributed by atoms with Gasteiger partial charge in [-0.15, -0.1) is 0 Å². The molecule has 0 heterocycles. The predicted octanol–water partition coefficient (Wildman–Crippen LogP) is 0.854. The molecule has 0 aromatic heterocycles. The Morgan fingerprint density at radius 1 is 1.46 bits per heavy atom. The molecule has 13 heavy (non-hydrogen) atoms. The van der Waals surface area contributed by atoms with Gasteiger partial charge in [-0.25, -0.2) is 0 Å². The maximum Gasteiger partial charge on any atom is 0.239 e. The van der Waals surface area contributed by atoms with E-state index >= 15 is 0 Å². The molecule has 0 fully saturated rings. The molecule has 0 atom stereocenters. The molecular weight excluding hydrogens is 184 g/mol. The van der Waals surface area contributed by atoms with E-state index in [1.54, 1.807) is 18.8 Å². The molecule has 4 heteroatoms. The Morgan fingerprint density at radius 3 is 2.54 bits per heavy atom. The Morgan fingerprint density at radius 2 is 2.08 bits per heavy atom. The number of hydrogen-bond acceptors (Lipinski definition) is 3. The Kier molecular flexibility index (Phi) is 6.16. The fourth-order valence-corrected chi connectivity index (χ4v) is 1.19. The maximum atomic E-state index is 11.5. The fraction of sp³-hybridized carbons (Fsp3) is 0.889. The third-order valence-electron chi connectivity index (χ3n) is 2.00. The lowest BCUT2D eigenvalue weighted by atomic mass is 10.1. The minimum absolute atomic E-state index is 0.0658. The first-order valence-corrected chi connectivity index (χ1v) is 5.90. The summed E-state index contributed by atoms with van der Waals surface area (Å²) in [5.74, 6) is 1.16. The van der Waals surface area contributed by atoms with Crippen LogP contribution in [0, 0.1) is 0 Å². The monoisotopic (exact) mass is 204 g/mol. The first kappa shape index (κ1) is 12.8. The second-order valence-electron chi connectivity index (χ2n) is 3.48.